The molecule has 4 rings (SSSR count). The van der Waals surface area contributed by atoms with Gasteiger partial charge in [-0.3, -0.25) is 19.3 Å². The van der Waals surface area contributed by atoms with E-state index < -0.39 is 0 Å². The quantitative estimate of drug-likeness (QED) is 0.281. The van der Waals surface area contributed by atoms with E-state index in [1.165, 1.54) is 23.9 Å². The summed E-state index contributed by atoms with van der Waals surface area (Å²) >= 11 is 1.22. The molecule has 0 aliphatic rings. The average molecular weight is 481 g/mol. The van der Waals surface area contributed by atoms with Crippen molar-refractivity contribution in [3.05, 3.63) is 70.8 Å². The van der Waals surface area contributed by atoms with Crippen LogP contribution in [0.15, 0.2) is 64.5 Å². The van der Waals surface area contributed by atoms with Gasteiger partial charge >= 0.3 is 0 Å². The van der Waals surface area contributed by atoms with E-state index in [-0.39, 0.29) is 23.0 Å². The van der Waals surface area contributed by atoms with Crippen molar-refractivity contribution in [1.82, 2.24) is 24.6 Å². The Bertz CT molecular complexity index is 1350. The molecule has 34 heavy (non-hydrogen) atoms. The van der Waals surface area contributed by atoms with E-state index in [9.17, 15) is 14.0 Å². The minimum atomic E-state index is -0.327. The van der Waals surface area contributed by atoms with Crippen LogP contribution >= 0.6 is 11.8 Å². The number of hydrogen-bond donors (Lipinski definition) is 2. The molecule has 0 saturated carbocycles. The molecule has 0 radical (unpaired) electrons. The summed E-state index contributed by atoms with van der Waals surface area (Å²) < 4.78 is 14.8. The van der Waals surface area contributed by atoms with E-state index in [1.807, 2.05) is 26.2 Å². The minimum Gasteiger partial charge on any atom is -0.310 e. The number of hydrogen-bond acceptors (Lipinski definition) is 6. The second-order valence-corrected chi connectivity index (χ2v) is 8.98. The lowest BCUT2D eigenvalue weighted by molar-refractivity contribution is -0.113. The number of aromatic nitrogens is 4. The molecule has 0 aliphatic carbocycles. The van der Waals surface area contributed by atoms with Gasteiger partial charge in [0, 0.05) is 18.2 Å². The summed E-state index contributed by atoms with van der Waals surface area (Å²) in [5, 5.41) is 10.8. The van der Waals surface area contributed by atoms with Gasteiger partial charge in [0.05, 0.1) is 22.3 Å². The van der Waals surface area contributed by atoms with Crippen molar-refractivity contribution in [2.24, 2.45) is 0 Å². The number of benzene rings is 2. The molecule has 0 atom stereocenters. The number of H-pyrrole nitrogens is 1. The summed E-state index contributed by atoms with van der Waals surface area (Å²) in [5.74, 6) is -0.0859. The lowest BCUT2D eigenvalue weighted by Gasteiger charge is -2.14. The lowest BCUT2D eigenvalue weighted by Crippen LogP contribution is -2.26. The summed E-state index contributed by atoms with van der Waals surface area (Å²) in [4.78, 5) is 32.4. The molecule has 4 aromatic rings. The zero-order valence-electron chi connectivity index (χ0n) is 18.9. The van der Waals surface area contributed by atoms with Gasteiger partial charge in [0.15, 0.2) is 5.16 Å². The largest absolute Gasteiger partial charge is 0.310 e. The second kappa shape index (κ2) is 10.6. The summed E-state index contributed by atoms with van der Waals surface area (Å²) in [7, 11) is 3.97. The predicted octanol–water partition coefficient (Wildman–Crippen LogP) is 3.61. The standard InChI is InChI=1S/C24H25FN6O2S/c1-30(2)12-5-13-31-23(33)18-6-3-4-7-19(18)26-24(31)34-15-22(32)27-21-14-20(28-29-21)16-8-10-17(25)11-9-16/h3-4,6-11,14H,5,12-13,15H2,1-2H3,(H2,27,28,29,32). The normalized spacial score (nSPS) is 11.3. The van der Waals surface area contributed by atoms with Crippen LogP contribution in [0.5, 0.6) is 0 Å². The van der Waals surface area contributed by atoms with Crippen LogP contribution in [0.25, 0.3) is 22.2 Å². The number of amides is 1. The number of fused-ring (bicyclic) bond motifs is 1. The fraction of sp³-hybridized carbons (Fsp3) is 0.250. The number of para-hydroxylation sites is 1. The number of nitrogens with one attached hydrogen (secondary N) is 2. The van der Waals surface area contributed by atoms with Gasteiger partial charge in [0.25, 0.3) is 5.56 Å². The molecule has 2 aromatic carbocycles. The molecule has 8 nitrogen and oxygen atoms in total. The van der Waals surface area contributed by atoms with Gasteiger partial charge in [0.2, 0.25) is 5.91 Å². The third-order valence-electron chi connectivity index (χ3n) is 5.14. The highest BCUT2D eigenvalue weighted by molar-refractivity contribution is 7.99. The van der Waals surface area contributed by atoms with Crippen molar-refractivity contribution in [3.63, 3.8) is 0 Å². The Hall–Kier alpha value is -3.50. The maximum Gasteiger partial charge on any atom is 0.262 e. The number of anilines is 1. The van der Waals surface area contributed by atoms with Crippen molar-refractivity contribution in [3.8, 4) is 11.3 Å². The van der Waals surface area contributed by atoms with Gasteiger partial charge in [0.1, 0.15) is 11.6 Å². The SMILES string of the molecule is CN(C)CCCn1c(SCC(=O)Nc2cc(-c3ccc(F)cc3)n[nH]2)nc2ccccc2c1=O. The summed E-state index contributed by atoms with van der Waals surface area (Å²) in [6, 6.07) is 14.9. The lowest BCUT2D eigenvalue weighted by atomic mass is 10.1. The summed E-state index contributed by atoms with van der Waals surface area (Å²) in [6.45, 7) is 1.35. The molecule has 176 valence electrons. The molecule has 0 unspecified atom stereocenters. The molecule has 2 aromatic heterocycles. The highest BCUT2D eigenvalue weighted by Gasteiger charge is 2.14. The van der Waals surface area contributed by atoms with Gasteiger partial charge in [-0.25, -0.2) is 9.37 Å². The first-order chi connectivity index (χ1) is 16.4. The number of carbonyl (C=O) groups is 1. The van der Waals surface area contributed by atoms with Gasteiger partial charge in [-0.05, 0) is 63.5 Å². The Morgan fingerprint density at radius 2 is 1.94 bits per heavy atom. The van der Waals surface area contributed by atoms with E-state index in [1.54, 1.807) is 34.9 Å². The Morgan fingerprint density at radius 3 is 2.71 bits per heavy atom. The Morgan fingerprint density at radius 1 is 1.18 bits per heavy atom. The molecule has 0 saturated heterocycles. The van der Waals surface area contributed by atoms with E-state index in [0.29, 0.717) is 34.1 Å². The predicted molar refractivity (Wildman–Crippen MR) is 133 cm³/mol. The fourth-order valence-electron chi connectivity index (χ4n) is 3.47. The Labute approximate surface area is 200 Å². The summed E-state index contributed by atoms with van der Waals surface area (Å²) in [6.07, 6.45) is 0.785. The third kappa shape index (κ3) is 5.70. The first-order valence-corrected chi connectivity index (χ1v) is 11.8. The smallest absolute Gasteiger partial charge is 0.262 e. The molecule has 0 fully saturated rings. The number of carbonyl (C=O) groups excluding carboxylic acids is 1. The number of halogens is 1. The number of nitrogens with zero attached hydrogens (tertiary/aromatic N) is 4. The zero-order valence-corrected chi connectivity index (χ0v) is 19.7. The van der Waals surface area contributed by atoms with Crippen LogP contribution in [-0.2, 0) is 11.3 Å². The first kappa shape index (κ1) is 23.7. The number of thioether (sulfide) groups is 1. The highest BCUT2D eigenvalue weighted by atomic mass is 32.2. The minimum absolute atomic E-state index is 0.0728. The van der Waals surface area contributed by atoms with E-state index in [2.05, 4.69) is 25.4 Å². The molecule has 0 spiro atoms. The van der Waals surface area contributed by atoms with Crippen molar-refractivity contribution in [2.45, 2.75) is 18.1 Å². The molecule has 2 heterocycles. The second-order valence-electron chi connectivity index (χ2n) is 8.04. The topological polar surface area (TPSA) is 95.9 Å². The Balaban J connectivity index is 1.46. The maximum atomic E-state index is 13.1. The zero-order chi connectivity index (χ0) is 24.1. The van der Waals surface area contributed by atoms with Crippen LogP contribution in [0.1, 0.15) is 6.42 Å². The highest BCUT2D eigenvalue weighted by Crippen LogP contribution is 2.21. The van der Waals surface area contributed by atoms with Crippen molar-refractivity contribution >= 4 is 34.4 Å². The Kier molecular flexibility index (Phi) is 7.39. The average Bonchev–Trinajstić information content (AvgIpc) is 3.28. The molecule has 2 N–H and O–H groups in total. The molecule has 0 bridgehead atoms. The van der Waals surface area contributed by atoms with Gasteiger partial charge < -0.3 is 10.2 Å². The maximum absolute atomic E-state index is 13.1. The monoisotopic (exact) mass is 480 g/mol. The fourth-order valence-corrected chi connectivity index (χ4v) is 4.30. The van der Waals surface area contributed by atoms with Gasteiger partial charge in [-0.1, -0.05) is 23.9 Å². The molecule has 1 amide bonds. The molecular weight excluding hydrogens is 455 g/mol. The van der Waals surface area contributed by atoms with Crippen molar-refractivity contribution < 1.29 is 9.18 Å². The van der Waals surface area contributed by atoms with Crippen LogP contribution < -0.4 is 10.9 Å². The van der Waals surface area contributed by atoms with E-state index in [4.69, 9.17) is 0 Å². The van der Waals surface area contributed by atoms with Crippen LogP contribution in [0.2, 0.25) is 0 Å². The number of aromatic amines is 1. The van der Waals surface area contributed by atoms with Crippen LogP contribution in [0.4, 0.5) is 10.2 Å². The first-order valence-electron chi connectivity index (χ1n) is 10.8. The van der Waals surface area contributed by atoms with E-state index >= 15 is 0 Å². The van der Waals surface area contributed by atoms with Crippen LogP contribution in [-0.4, -0.2) is 56.9 Å². The molecule has 0 aliphatic heterocycles. The molecule has 10 heteroatoms. The van der Waals surface area contributed by atoms with E-state index in [0.717, 1.165) is 18.5 Å². The third-order valence-corrected chi connectivity index (χ3v) is 6.11. The van der Waals surface area contributed by atoms with Crippen LogP contribution in [0, 0.1) is 5.82 Å². The van der Waals surface area contributed by atoms with Crippen molar-refractivity contribution in [1.29, 1.82) is 0 Å². The van der Waals surface area contributed by atoms with Gasteiger partial charge in [-0.2, -0.15) is 5.10 Å². The summed E-state index contributed by atoms with van der Waals surface area (Å²) in [5.41, 5.74) is 1.82. The molecular formula is C24H25FN6O2S. The van der Waals surface area contributed by atoms with Crippen molar-refractivity contribution in [2.75, 3.05) is 31.7 Å². The van der Waals surface area contributed by atoms with Crippen LogP contribution in [0.3, 0.4) is 0 Å². The van der Waals surface area contributed by atoms with Gasteiger partial charge in [-0.15, -0.1) is 0 Å². The number of rotatable bonds is 9.